The van der Waals surface area contributed by atoms with Crippen molar-refractivity contribution in [3.8, 4) is 0 Å². The Balaban J connectivity index is 1.72. The highest BCUT2D eigenvalue weighted by molar-refractivity contribution is 6.29. The topological polar surface area (TPSA) is 49.2 Å². The second kappa shape index (κ2) is 4.52. The highest BCUT2D eigenvalue weighted by Gasteiger charge is 2.39. The average molecular weight is 254 g/mol. The third kappa shape index (κ3) is 2.30. The van der Waals surface area contributed by atoms with E-state index in [0.29, 0.717) is 17.2 Å². The molecular weight excluding hydrogens is 238 g/mol. The highest BCUT2D eigenvalue weighted by Crippen LogP contribution is 2.36. The molecule has 0 spiro atoms. The zero-order valence-electron chi connectivity index (χ0n) is 9.59. The van der Waals surface area contributed by atoms with Gasteiger partial charge in [-0.25, -0.2) is 4.98 Å². The van der Waals surface area contributed by atoms with Gasteiger partial charge in [0.25, 0.3) is 0 Å². The lowest BCUT2D eigenvalue weighted by molar-refractivity contribution is 0.0303. The summed E-state index contributed by atoms with van der Waals surface area (Å²) >= 11 is 5.72. The summed E-state index contributed by atoms with van der Waals surface area (Å²) in [5.74, 6) is 0. The van der Waals surface area contributed by atoms with Crippen LogP contribution >= 0.6 is 11.6 Å². The van der Waals surface area contributed by atoms with Gasteiger partial charge in [0.05, 0.1) is 24.2 Å². The molecule has 2 unspecified atom stereocenters. The molecule has 2 fully saturated rings. The molecule has 0 radical (unpaired) electrons. The van der Waals surface area contributed by atoms with Crippen molar-refractivity contribution >= 4 is 11.6 Å². The molecule has 0 saturated carbocycles. The Morgan fingerprint density at radius 2 is 1.94 bits per heavy atom. The Kier molecular flexibility index (Phi) is 3.03. The average Bonchev–Trinajstić information content (AvgIpc) is 2.56. The Bertz CT molecular complexity index is 383. The van der Waals surface area contributed by atoms with Crippen LogP contribution in [0.25, 0.3) is 0 Å². The first-order chi connectivity index (χ1) is 8.22. The monoisotopic (exact) mass is 253 g/mol. The summed E-state index contributed by atoms with van der Waals surface area (Å²) < 4.78 is 0. The van der Waals surface area contributed by atoms with E-state index in [1.165, 1.54) is 12.8 Å². The Morgan fingerprint density at radius 1 is 1.24 bits per heavy atom. The molecule has 4 nitrogen and oxygen atoms in total. The van der Waals surface area contributed by atoms with Crippen LogP contribution in [0.2, 0.25) is 5.15 Å². The summed E-state index contributed by atoms with van der Waals surface area (Å²) in [5.41, 5.74) is 0.961. The van der Waals surface area contributed by atoms with Gasteiger partial charge in [0, 0.05) is 18.6 Å². The number of nitrogens with zero attached hydrogens (tertiary/aromatic N) is 3. The molecule has 2 aliphatic rings. The third-order valence-corrected chi connectivity index (χ3v) is 4.07. The summed E-state index contributed by atoms with van der Waals surface area (Å²) in [6.45, 7) is 0.826. The number of aliphatic hydroxyl groups is 1. The molecule has 2 atom stereocenters. The van der Waals surface area contributed by atoms with E-state index in [9.17, 15) is 5.11 Å². The van der Waals surface area contributed by atoms with E-state index in [1.54, 1.807) is 12.4 Å². The minimum Gasteiger partial charge on any atom is -0.393 e. The van der Waals surface area contributed by atoms with E-state index in [0.717, 1.165) is 25.1 Å². The minimum atomic E-state index is -0.111. The molecule has 1 N–H and O–H groups in total. The van der Waals surface area contributed by atoms with Crippen molar-refractivity contribution < 1.29 is 5.11 Å². The van der Waals surface area contributed by atoms with Crippen LogP contribution in [-0.2, 0) is 6.54 Å². The Labute approximate surface area is 106 Å². The normalized spacial score (nSPS) is 32.9. The van der Waals surface area contributed by atoms with Gasteiger partial charge in [-0.1, -0.05) is 11.6 Å². The number of aromatic nitrogens is 2. The van der Waals surface area contributed by atoms with Gasteiger partial charge in [-0.2, -0.15) is 0 Å². The fraction of sp³-hybridized carbons (Fsp3) is 0.667. The Hall–Kier alpha value is -0.710. The number of aliphatic hydroxyl groups excluding tert-OH is 1. The molecule has 2 aliphatic heterocycles. The van der Waals surface area contributed by atoms with E-state index < -0.39 is 0 Å². The van der Waals surface area contributed by atoms with E-state index in [4.69, 9.17) is 11.6 Å². The first kappa shape index (κ1) is 11.4. The van der Waals surface area contributed by atoms with E-state index in [-0.39, 0.29) is 6.10 Å². The maximum atomic E-state index is 9.74. The largest absolute Gasteiger partial charge is 0.393 e. The molecule has 0 aliphatic carbocycles. The lowest BCUT2D eigenvalue weighted by Gasteiger charge is -2.36. The van der Waals surface area contributed by atoms with Crippen molar-refractivity contribution in [3.63, 3.8) is 0 Å². The molecule has 3 heterocycles. The van der Waals surface area contributed by atoms with Crippen LogP contribution in [0.5, 0.6) is 0 Å². The van der Waals surface area contributed by atoms with Crippen LogP contribution in [0.15, 0.2) is 12.4 Å². The van der Waals surface area contributed by atoms with Gasteiger partial charge in [0.15, 0.2) is 0 Å². The van der Waals surface area contributed by atoms with Gasteiger partial charge in [0.1, 0.15) is 5.15 Å². The van der Waals surface area contributed by atoms with E-state index >= 15 is 0 Å². The van der Waals surface area contributed by atoms with Crippen LogP contribution in [0, 0.1) is 0 Å². The minimum absolute atomic E-state index is 0.111. The smallest absolute Gasteiger partial charge is 0.147 e. The summed E-state index contributed by atoms with van der Waals surface area (Å²) in [5, 5.41) is 10.2. The van der Waals surface area contributed by atoms with Crippen molar-refractivity contribution in [2.24, 2.45) is 0 Å². The Morgan fingerprint density at radius 3 is 2.53 bits per heavy atom. The fourth-order valence-electron chi connectivity index (χ4n) is 3.11. The zero-order valence-corrected chi connectivity index (χ0v) is 10.3. The van der Waals surface area contributed by atoms with Gasteiger partial charge in [-0.3, -0.25) is 9.88 Å². The van der Waals surface area contributed by atoms with Gasteiger partial charge in [-0.05, 0) is 25.7 Å². The SMILES string of the molecule is OC1CC2CCC(C1)N2Cc1cnc(Cl)cn1. The predicted molar refractivity (Wildman–Crippen MR) is 64.6 cm³/mol. The van der Waals surface area contributed by atoms with Gasteiger partial charge < -0.3 is 5.11 Å². The summed E-state index contributed by atoms with van der Waals surface area (Å²) in [7, 11) is 0. The molecule has 2 saturated heterocycles. The maximum Gasteiger partial charge on any atom is 0.147 e. The molecular formula is C12H16ClN3O. The van der Waals surface area contributed by atoms with Crippen molar-refractivity contribution in [1.82, 2.24) is 14.9 Å². The summed E-state index contributed by atoms with van der Waals surface area (Å²) in [4.78, 5) is 10.8. The van der Waals surface area contributed by atoms with Crippen LogP contribution in [0.3, 0.4) is 0 Å². The zero-order chi connectivity index (χ0) is 11.8. The number of halogens is 1. The highest BCUT2D eigenvalue weighted by atomic mass is 35.5. The summed E-state index contributed by atoms with van der Waals surface area (Å²) in [6, 6.07) is 1.03. The standard InChI is InChI=1S/C12H16ClN3O/c13-12-6-14-8(5-15-12)7-16-9-1-2-10(16)4-11(17)3-9/h5-6,9-11,17H,1-4,7H2. The van der Waals surface area contributed by atoms with Crippen molar-refractivity contribution in [2.45, 2.75) is 50.4 Å². The van der Waals surface area contributed by atoms with Crippen molar-refractivity contribution in [3.05, 3.63) is 23.2 Å². The predicted octanol–water partition coefficient (Wildman–Crippen LogP) is 1.62. The number of rotatable bonds is 2. The molecule has 5 heteroatoms. The van der Waals surface area contributed by atoms with Gasteiger partial charge in [0.2, 0.25) is 0 Å². The first-order valence-corrected chi connectivity index (χ1v) is 6.50. The number of hydrogen-bond donors (Lipinski definition) is 1. The van der Waals surface area contributed by atoms with Crippen molar-refractivity contribution in [1.29, 1.82) is 0 Å². The molecule has 2 bridgehead atoms. The van der Waals surface area contributed by atoms with Gasteiger partial charge >= 0.3 is 0 Å². The third-order valence-electron chi connectivity index (χ3n) is 3.88. The van der Waals surface area contributed by atoms with Crippen LogP contribution < -0.4 is 0 Å². The van der Waals surface area contributed by atoms with Crippen LogP contribution in [-0.4, -0.2) is 38.2 Å². The first-order valence-electron chi connectivity index (χ1n) is 6.12. The molecule has 0 amide bonds. The lowest BCUT2D eigenvalue weighted by Crippen LogP contribution is -2.44. The maximum absolute atomic E-state index is 9.74. The van der Waals surface area contributed by atoms with Gasteiger partial charge in [-0.15, -0.1) is 0 Å². The number of piperidine rings is 1. The van der Waals surface area contributed by atoms with Crippen LogP contribution in [0.4, 0.5) is 0 Å². The van der Waals surface area contributed by atoms with E-state index in [1.807, 2.05) is 0 Å². The molecule has 0 aromatic carbocycles. The fourth-order valence-corrected chi connectivity index (χ4v) is 3.21. The molecule has 17 heavy (non-hydrogen) atoms. The molecule has 92 valence electrons. The quantitative estimate of drug-likeness (QED) is 0.870. The molecule has 1 aromatic rings. The van der Waals surface area contributed by atoms with E-state index in [2.05, 4.69) is 14.9 Å². The lowest BCUT2D eigenvalue weighted by atomic mass is 10.00. The summed E-state index contributed by atoms with van der Waals surface area (Å²) in [6.07, 6.45) is 7.42. The number of hydrogen-bond acceptors (Lipinski definition) is 4. The molecule has 3 rings (SSSR count). The second-order valence-electron chi connectivity index (χ2n) is 5.01. The number of fused-ring (bicyclic) bond motifs is 2. The second-order valence-corrected chi connectivity index (χ2v) is 5.40. The molecule has 1 aromatic heterocycles. The van der Waals surface area contributed by atoms with Crippen molar-refractivity contribution in [2.75, 3.05) is 0 Å². The van der Waals surface area contributed by atoms with Crippen LogP contribution in [0.1, 0.15) is 31.4 Å².